The van der Waals surface area contributed by atoms with Crippen molar-refractivity contribution in [3.63, 3.8) is 0 Å². The fraction of sp³-hybridized carbons (Fsp3) is 0.375. The minimum atomic E-state index is -0.338. The molecule has 2 amide bonds. The first-order valence-electron chi connectivity index (χ1n) is 7.28. The average Bonchev–Trinajstić information content (AvgIpc) is 2.94. The number of rotatable bonds is 6. The number of methoxy groups -OCH3 is 1. The van der Waals surface area contributed by atoms with E-state index in [1.165, 1.54) is 13.2 Å². The van der Waals surface area contributed by atoms with Crippen molar-refractivity contribution < 1.29 is 13.9 Å². The molecule has 0 aliphatic heterocycles. The van der Waals surface area contributed by atoms with E-state index in [0.717, 1.165) is 5.56 Å². The number of halogens is 1. The molecule has 23 heavy (non-hydrogen) atoms. The van der Waals surface area contributed by atoms with Crippen molar-refractivity contribution in [2.75, 3.05) is 7.11 Å². The number of nitrogens with one attached hydrogen (secondary N) is 2. The summed E-state index contributed by atoms with van der Waals surface area (Å²) in [7, 11) is 3.33. The number of benzene rings is 1. The Hall–Kier alpha value is -2.41. The van der Waals surface area contributed by atoms with Crippen molar-refractivity contribution >= 4 is 6.03 Å². The number of carbonyl (C=O) groups is 1. The SMILES string of the molecule is COCc1ccc(CNC(=O)NC(C)c2cnn(C)c2)cc1F. The van der Waals surface area contributed by atoms with Gasteiger partial charge in [-0.05, 0) is 18.6 Å². The van der Waals surface area contributed by atoms with E-state index in [9.17, 15) is 9.18 Å². The number of carbonyl (C=O) groups excluding carboxylic acids is 1. The largest absolute Gasteiger partial charge is 0.380 e. The second kappa shape index (κ2) is 7.73. The second-order valence-corrected chi connectivity index (χ2v) is 5.35. The fourth-order valence-electron chi connectivity index (χ4n) is 2.15. The van der Waals surface area contributed by atoms with Gasteiger partial charge in [0.2, 0.25) is 0 Å². The summed E-state index contributed by atoms with van der Waals surface area (Å²) in [4.78, 5) is 11.9. The molecule has 2 rings (SSSR count). The Morgan fingerprint density at radius 3 is 2.87 bits per heavy atom. The third-order valence-electron chi connectivity index (χ3n) is 3.44. The molecule has 2 N–H and O–H groups in total. The summed E-state index contributed by atoms with van der Waals surface area (Å²) < 4.78 is 20.4. The highest BCUT2D eigenvalue weighted by Crippen LogP contribution is 2.12. The lowest BCUT2D eigenvalue weighted by Gasteiger charge is -2.13. The average molecular weight is 320 g/mol. The van der Waals surface area contributed by atoms with E-state index in [1.54, 1.807) is 23.0 Å². The number of ether oxygens (including phenoxy) is 1. The highest BCUT2D eigenvalue weighted by Gasteiger charge is 2.11. The van der Waals surface area contributed by atoms with E-state index in [2.05, 4.69) is 15.7 Å². The Balaban J connectivity index is 1.85. The van der Waals surface area contributed by atoms with E-state index in [0.29, 0.717) is 11.1 Å². The van der Waals surface area contributed by atoms with Gasteiger partial charge in [-0.2, -0.15) is 5.10 Å². The summed E-state index contributed by atoms with van der Waals surface area (Å²) in [5.74, 6) is -0.338. The predicted octanol–water partition coefficient (Wildman–Crippen LogP) is 2.27. The maximum absolute atomic E-state index is 13.8. The molecule has 0 saturated carbocycles. The van der Waals surface area contributed by atoms with Gasteiger partial charge in [-0.3, -0.25) is 4.68 Å². The van der Waals surface area contributed by atoms with Crippen LogP contribution in [0.5, 0.6) is 0 Å². The zero-order chi connectivity index (χ0) is 16.8. The van der Waals surface area contributed by atoms with E-state index in [1.807, 2.05) is 20.2 Å². The fourth-order valence-corrected chi connectivity index (χ4v) is 2.15. The molecule has 1 aromatic heterocycles. The van der Waals surface area contributed by atoms with E-state index < -0.39 is 0 Å². The lowest BCUT2D eigenvalue weighted by atomic mass is 10.1. The highest BCUT2D eigenvalue weighted by atomic mass is 19.1. The Morgan fingerprint density at radius 2 is 2.26 bits per heavy atom. The van der Waals surface area contributed by atoms with Crippen LogP contribution in [0.2, 0.25) is 0 Å². The third kappa shape index (κ3) is 4.79. The lowest BCUT2D eigenvalue weighted by Crippen LogP contribution is -2.36. The Kier molecular flexibility index (Phi) is 5.70. The van der Waals surface area contributed by atoms with Crippen molar-refractivity contribution in [2.24, 2.45) is 7.05 Å². The van der Waals surface area contributed by atoms with Crippen molar-refractivity contribution in [3.05, 3.63) is 53.1 Å². The van der Waals surface area contributed by atoms with Crippen LogP contribution >= 0.6 is 0 Å². The maximum atomic E-state index is 13.8. The van der Waals surface area contributed by atoms with Crippen LogP contribution in [-0.2, 0) is 24.9 Å². The molecule has 2 aromatic rings. The van der Waals surface area contributed by atoms with Gasteiger partial charge in [-0.15, -0.1) is 0 Å². The van der Waals surface area contributed by atoms with Crippen LogP contribution in [0.4, 0.5) is 9.18 Å². The normalized spacial score (nSPS) is 12.0. The van der Waals surface area contributed by atoms with Gasteiger partial charge in [-0.25, -0.2) is 9.18 Å². The molecule has 0 saturated heterocycles. The molecule has 7 heteroatoms. The smallest absolute Gasteiger partial charge is 0.315 e. The molecule has 6 nitrogen and oxygen atoms in total. The summed E-state index contributed by atoms with van der Waals surface area (Å²) in [6.07, 6.45) is 3.55. The molecule has 1 aromatic carbocycles. The standard InChI is InChI=1S/C16H21FN4O2/c1-11(14-8-19-21(2)9-14)20-16(22)18-7-12-4-5-13(10-23-3)15(17)6-12/h4-6,8-9,11H,7,10H2,1-3H3,(H2,18,20,22). The summed E-state index contributed by atoms with van der Waals surface area (Å²) in [6, 6.07) is 4.35. The van der Waals surface area contributed by atoms with Gasteiger partial charge < -0.3 is 15.4 Å². The molecule has 0 aliphatic carbocycles. The van der Waals surface area contributed by atoms with Gasteiger partial charge in [0.05, 0.1) is 18.8 Å². The number of urea groups is 1. The number of aromatic nitrogens is 2. The van der Waals surface area contributed by atoms with E-state index in [4.69, 9.17) is 4.74 Å². The van der Waals surface area contributed by atoms with Gasteiger partial charge in [0.1, 0.15) is 5.82 Å². The Labute approximate surface area is 134 Å². The first-order valence-corrected chi connectivity index (χ1v) is 7.28. The molecule has 1 unspecified atom stereocenters. The second-order valence-electron chi connectivity index (χ2n) is 5.35. The molecular weight excluding hydrogens is 299 g/mol. The maximum Gasteiger partial charge on any atom is 0.315 e. The molecular formula is C16H21FN4O2. The Morgan fingerprint density at radius 1 is 1.48 bits per heavy atom. The summed E-state index contributed by atoms with van der Waals surface area (Å²) >= 11 is 0. The van der Waals surface area contributed by atoms with Crippen LogP contribution in [0.1, 0.15) is 29.7 Å². The minimum Gasteiger partial charge on any atom is -0.380 e. The van der Waals surface area contributed by atoms with E-state index in [-0.39, 0.29) is 31.0 Å². The zero-order valence-corrected chi connectivity index (χ0v) is 13.5. The number of amides is 2. The molecule has 124 valence electrons. The van der Waals surface area contributed by atoms with Gasteiger partial charge >= 0.3 is 6.03 Å². The first kappa shape index (κ1) is 17.0. The van der Waals surface area contributed by atoms with Crippen LogP contribution in [0, 0.1) is 5.82 Å². The summed E-state index contributed by atoms with van der Waals surface area (Å²) in [6.45, 7) is 2.34. The number of aryl methyl sites for hydroxylation is 1. The molecule has 1 heterocycles. The minimum absolute atomic E-state index is 0.162. The third-order valence-corrected chi connectivity index (χ3v) is 3.44. The first-order chi connectivity index (χ1) is 11.0. The van der Waals surface area contributed by atoms with Gasteiger partial charge in [0.15, 0.2) is 0 Å². The van der Waals surface area contributed by atoms with Crippen LogP contribution < -0.4 is 10.6 Å². The summed E-state index contributed by atoms with van der Waals surface area (Å²) in [5, 5.41) is 9.58. The topological polar surface area (TPSA) is 68.2 Å². The molecule has 0 spiro atoms. The molecule has 0 aliphatic rings. The van der Waals surface area contributed by atoms with Crippen molar-refractivity contribution in [2.45, 2.75) is 26.1 Å². The van der Waals surface area contributed by atoms with Crippen molar-refractivity contribution in [1.82, 2.24) is 20.4 Å². The predicted molar refractivity (Wildman–Crippen MR) is 84.1 cm³/mol. The molecule has 1 atom stereocenters. The van der Waals surface area contributed by atoms with Crippen LogP contribution in [0.3, 0.4) is 0 Å². The number of hydrogen-bond donors (Lipinski definition) is 2. The molecule has 0 bridgehead atoms. The number of hydrogen-bond acceptors (Lipinski definition) is 3. The zero-order valence-electron chi connectivity index (χ0n) is 13.5. The molecule has 0 fully saturated rings. The van der Waals surface area contributed by atoms with Gasteiger partial charge in [-0.1, -0.05) is 12.1 Å². The number of nitrogens with zero attached hydrogens (tertiary/aromatic N) is 2. The van der Waals surface area contributed by atoms with Crippen LogP contribution in [-0.4, -0.2) is 22.9 Å². The molecule has 0 radical (unpaired) electrons. The van der Waals surface area contributed by atoms with Crippen molar-refractivity contribution in [3.8, 4) is 0 Å². The lowest BCUT2D eigenvalue weighted by molar-refractivity contribution is 0.181. The van der Waals surface area contributed by atoms with Gasteiger partial charge in [0, 0.05) is 38.0 Å². The van der Waals surface area contributed by atoms with Gasteiger partial charge in [0.25, 0.3) is 0 Å². The highest BCUT2D eigenvalue weighted by molar-refractivity contribution is 5.74. The van der Waals surface area contributed by atoms with Crippen LogP contribution in [0.15, 0.2) is 30.6 Å². The van der Waals surface area contributed by atoms with Crippen LogP contribution in [0.25, 0.3) is 0 Å². The van der Waals surface area contributed by atoms with E-state index >= 15 is 0 Å². The Bertz CT molecular complexity index is 672. The quantitative estimate of drug-likeness (QED) is 0.858. The van der Waals surface area contributed by atoms with Crippen molar-refractivity contribution in [1.29, 1.82) is 0 Å². The monoisotopic (exact) mass is 320 g/mol. The summed E-state index contributed by atoms with van der Waals surface area (Å²) in [5.41, 5.74) is 2.09.